The number of nitrogens with one attached hydrogen (secondary N) is 1. The number of benzene rings is 1. The van der Waals surface area contributed by atoms with Crippen LogP contribution < -0.4 is 11.1 Å². The van der Waals surface area contributed by atoms with Gasteiger partial charge in [0, 0.05) is 24.1 Å². The number of piperidine rings is 1. The summed E-state index contributed by atoms with van der Waals surface area (Å²) in [6, 6.07) is 7.48. The van der Waals surface area contributed by atoms with Crippen LogP contribution in [-0.4, -0.2) is 36.3 Å². The van der Waals surface area contributed by atoms with Gasteiger partial charge in [0.25, 0.3) is 0 Å². The van der Waals surface area contributed by atoms with E-state index in [2.05, 4.69) is 21.2 Å². The average Bonchev–Trinajstić information content (AvgIpc) is 2.59. The lowest BCUT2D eigenvalue weighted by atomic mass is 9.89. The third-order valence-corrected chi connectivity index (χ3v) is 5.05. The highest BCUT2D eigenvalue weighted by atomic mass is 79.9. The van der Waals surface area contributed by atoms with Crippen LogP contribution in [-0.2, 0) is 15.1 Å². The second-order valence-electron chi connectivity index (χ2n) is 6.59. The van der Waals surface area contributed by atoms with E-state index in [0.717, 1.165) is 29.3 Å². The molecule has 1 fully saturated rings. The zero-order chi connectivity index (χ0) is 17.7. The second-order valence-corrected chi connectivity index (χ2v) is 7.51. The van der Waals surface area contributed by atoms with Gasteiger partial charge in [-0.15, -0.1) is 12.4 Å². The molecule has 0 bridgehead atoms. The van der Waals surface area contributed by atoms with Crippen LogP contribution in [0, 0.1) is 5.92 Å². The molecule has 3 N–H and O–H groups in total. The van der Waals surface area contributed by atoms with Crippen molar-refractivity contribution < 1.29 is 9.59 Å². The summed E-state index contributed by atoms with van der Waals surface area (Å²) in [6.45, 7) is 5.53. The van der Waals surface area contributed by atoms with Gasteiger partial charge < -0.3 is 16.0 Å². The zero-order valence-electron chi connectivity index (χ0n) is 14.8. The Balaban J connectivity index is 0.00000312. The van der Waals surface area contributed by atoms with Crippen molar-refractivity contribution in [2.45, 2.75) is 38.6 Å². The SMILES string of the molecule is CCCNC(=O)C1CCCN(C(=O)C(C)(N)c2ccc(Br)cc2)C1.Cl. The second kappa shape index (κ2) is 9.55. The average molecular weight is 433 g/mol. The number of nitrogens with zero attached hydrogens (tertiary/aromatic N) is 1. The highest BCUT2D eigenvalue weighted by Crippen LogP contribution is 2.26. The predicted octanol–water partition coefficient (Wildman–Crippen LogP) is 2.81. The van der Waals surface area contributed by atoms with Gasteiger partial charge in [-0.2, -0.15) is 0 Å². The molecule has 1 aromatic rings. The van der Waals surface area contributed by atoms with Gasteiger partial charge >= 0.3 is 0 Å². The van der Waals surface area contributed by atoms with E-state index < -0.39 is 5.54 Å². The van der Waals surface area contributed by atoms with Gasteiger partial charge in [0.2, 0.25) is 11.8 Å². The summed E-state index contributed by atoms with van der Waals surface area (Å²) in [4.78, 5) is 26.9. The van der Waals surface area contributed by atoms with Gasteiger partial charge in [-0.05, 0) is 43.9 Å². The molecular formula is C18H27BrClN3O2. The van der Waals surface area contributed by atoms with Gasteiger partial charge in [-0.1, -0.05) is 35.0 Å². The topological polar surface area (TPSA) is 75.4 Å². The molecule has 140 valence electrons. The summed E-state index contributed by atoms with van der Waals surface area (Å²) in [7, 11) is 0. The largest absolute Gasteiger partial charge is 0.356 e. The summed E-state index contributed by atoms with van der Waals surface area (Å²) >= 11 is 3.39. The highest BCUT2D eigenvalue weighted by molar-refractivity contribution is 9.10. The quantitative estimate of drug-likeness (QED) is 0.751. The fourth-order valence-corrected chi connectivity index (χ4v) is 3.28. The molecule has 2 rings (SSSR count). The molecule has 2 amide bonds. The lowest BCUT2D eigenvalue weighted by Crippen LogP contribution is -2.55. The highest BCUT2D eigenvalue weighted by Gasteiger charge is 2.37. The van der Waals surface area contributed by atoms with E-state index in [0.29, 0.717) is 19.6 Å². The summed E-state index contributed by atoms with van der Waals surface area (Å²) in [5.41, 5.74) is 6.03. The first-order valence-electron chi connectivity index (χ1n) is 8.48. The molecule has 5 nitrogen and oxygen atoms in total. The molecule has 25 heavy (non-hydrogen) atoms. The third kappa shape index (κ3) is 5.43. The molecule has 1 aliphatic heterocycles. The van der Waals surface area contributed by atoms with Crippen LogP contribution in [0.4, 0.5) is 0 Å². The Hall–Kier alpha value is -1.11. The molecule has 0 aromatic heterocycles. The summed E-state index contributed by atoms with van der Waals surface area (Å²) in [5, 5.41) is 2.92. The van der Waals surface area contributed by atoms with Crippen LogP contribution in [0.5, 0.6) is 0 Å². The van der Waals surface area contributed by atoms with Crippen molar-refractivity contribution in [2.75, 3.05) is 19.6 Å². The molecule has 0 aliphatic carbocycles. The Morgan fingerprint density at radius 2 is 2.00 bits per heavy atom. The zero-order valence-corrected chi connectivity index (χ0v) is 17.2. The first kappa shape index (κ1) is 21.9. The van der Waals surface area contributed by atoms with Crippen LogP contribution in [0.3, 0.4) is 0 Å². The van der Waals surface area contributed by atoms with E-state index in [1.54, 1.807) is 11.8 Å². The molecule has 1 saturated heterocycles. The molecule has 0 saturated carbocycles. The maximum absolute atomic E-state index is 12.9. The molecule has 7 heteroatoms. The molecule has 1 heterocycles. The summed E-state index contributed by atoms with van der Waals surface area (Å²) in [6.07, 6.45) is 2.55. The van der Waals surface area contributed by atoms with Crippen molar-refractivity contribution in [3.63, 3.8) is 0 Å². The molecule has 0 spiro atoms. The molecule has 0 radical (unpaired) electrons. The van der Waals surface area contributed by atoms with E-state index in [-0.39, 0.29) is 30.1 Å². The van der Waals surface area contributed by atoms with Gasteiger partial charge in [0.1, 0.15) is 5.54 Å². The Kier molecular flexibility index (Phi) is 8.38. The fraction of sp³-hybridized carbons (Fsp3) is 0.556. The van der Waals surface area contributed by atoms with Crippen molar-refractivity contribution in [2.24, 2.45) is 11.7 Å². The van der Waals surface area contributed by atoms with Crippen LogP contribution >= 0.6 is 28.3 Å². The smallest absolute Gasteiger partial charge is 0.246 e. The van der Waals surface area contributed by atoms with E-state index in [9.17, 15) is 9.59 Å². The van der Waals surface area contributed by atoms with Crippen LogP contribution in [0.2, 0.25) is 0 Å². The van der Waals surface area contributed by atoms with Crippen molar-refractivity contribution in [1.29, 1.82) is 0 Å². The minimum absolute atomic E-state index is 0. The van der Waals surface area contributed by atoms with E-state index in [1.165, 1.54) is 0 Å². The number of nitrogens with two attached hydrogens (primary N) is 1. The lowest BCUT2D eigenvalue weighted by molar-refractivity contribution is -0.140. The molecule has 1 aliphatic rings. The number of carbonyl (C=O) groups excluding carboxylic acids is 2. The number of hydrogen-bond acceptors (Lipinski definition) is 3. The Bertz CT molecular complexity index is 592. The minimum Gasteiger partial charge on any atom is -0.356 e. The van der Waals surface area contributed by atoms with Crippen molar-refractivity contribution >= 4 is 40.2 Å². The van der Waals surface area contributed by atoms with Gasteiger partial charge in [0.15, 0.2) is 0 Å². The normalized spacial score (nSPS) is 19.5. The number of hydrogen-bond donors (Lipinski definition) is 2. The lowest BCUT2D eigenvalue weighted by Gasteiger charge is -2.37. The van der Waals surface area contributed by atoms with Crippen molar-refractivity contribution in [1.82, 2.24) is 10.2 Å². The summed E-state index contributed by atoms with van der Waals surface area (Å²) < 4.78 is 0.945. The first-order chi connectivity index (χ1) is 11.4. The predicted molar refractivity (Wildman–Crippen MR) is 106 cm³/mol. The van der Waals surface area contributed by atoms with Gasteiger partial charge in [-0.25, -0.2) is 0 Å². The number of amides is 2. The van der Waals surface area contributed by atoms with Crippen molar-refractivity contribution in [3.05, 3.63) is 34.3 Å². The van der Waals surface area contributed by atoms with E-state index in [1.807, 2.05) is 31.2 Å². The molecular weight excluding hydrogens is 406 g/mol. The van der Waals surface area contributed by atoms with Crippen LogP contribution in [0.1, 0.15) is 38.7 Å². The molecule has 2 atom stereocenters. The monoisotopic (exact) mass is 431 g/mol. The van der Waals surface area contributed by atoms with E-state index >= 15 is 0 Å². The number of carbonyl (C=O) groups is 2. The van der Waals surface area contributed by atoms with Crippen LogP contribution in [0.25, 0.3) is 0 Å². The minimum atomic E-state index is -1.09. The Morgan fingerprint density at radius 3 is 2.60 bits per heavy atom. The Labute approximate surface area is 164 Å². The first-order valence-corrected chi connectivity index (χ1v) is 9.27. The maximum Gasteiger partial charge on any atom is 0.246 e. The Morgan fingerprint density at radius 1 is 1.36 bits per heavy atom. The van der Waals surface area contributed by atoms with Crippen molar-refractivity contribution in [3.8, 4) is 0 Å². The molecule has 1 aromatic carbocycles. The van der Waals surface area contributed by atoms with E-state index in [4.69, 9.17) is 5.73 Å². The maximum atomic E-state index is 12.9. The number of likely N-dealkylation sites (tertiary alicyclic amines) is 1. The number of rotatable bonds is 5. The standard InChI is InChI=1S/C18H26BrN3O2.ClH/c1-3-10-21-16(23)13-5-4-11-22(12-13)17(24)18(2,20)14-6-8-15(19)9-7-14;/h6-9,13H,3-5,10-12,20H2,1-2H3,(H,21,23);1H. The fourth-order valence-electron chi connectivity index (χ4n) is 3.02. The van der Waals surface area contributed by atoms with Gasteiger partial charge in [0.05, 0.1) is 5.92 Å². The molecule has 2 unspecified atom stereocenters. The van der Waals surface area contributed by atoms with Gasteiger partial charge in [-0.3, -0.25) is 9.59 Å². The number of halogens is 2. The summed E-state index contributed by atoms with van der Waals surface area (Å²) in [5.74, 6) is -0.232. The third-order valence-electron chi connectivity index (χ3n) is 4.52. The van der Waals surface area contributed by atoms with Crippen LogP contribution in [0.15, 0.2) is 28.7 Å².